The van der Waals surface area contributed by atoms with E-state index in [1.807, 2.05) is 5.59 Å². The van der Waals surface area contributed by atoms with Gasteiger partial charge in [-0.2, -0.15) is 0 Å². The minimum atomic E-state index is 1.06. The molecule has 0 spiro atoms. The largest absolute Gasteiger partial charge is 0.285 e. The molecular formula is C5H11N3O. The normalized spacial score (nSPS) is 18.1. The smallest absolute Gasteiger partial charge is 0.0598 e. The van der Waals surface area contributed by atoms with E-state index in [1.54, 1.807) is 0 Å². The number of rotatable bonds is 2. The first-order chi connectivity index (χ1) is 4.43. The van der Waals surface area contributed by atoms with Crippen molar-refractivity contribution in [2.24, 2.45) is 11.0 Å². The fourth-order valence-corrected chi connectivity index (χ4v) is 0.965. The van der Waals surface area contributed by atoms with E-state index in [2.05, 4.69) is 10.1 Å². The van der Waals surface area contributed by atoms with Crippen LogP contribution in [0.1, 0.15) is 25.7 Å². The Morgan fingerprint density at radius 2 is 2.11 bits per heavy atom. The van der Waals surface area contributed by atoms with E-state index in [0.717, 1.165) is 18.6 Å². The van der Waals surface area contributed by atoms with Crippen molar-refractivity contribution in [1.29, 1.82) is 0 Å². The minimum Gasteiger partial charge on any atom is -0.285 e. The highest BCUT2D eigenvalue weighted by Gasteiger charge is 2.07. The maximum Gasteiger partial charge on any atom is 0.0598 e. The molecule has 0 aromatic rings. The number of nitrogens with one attached hydrogen (secondary N) is 1. The zero-order valence-corrected chi connectivity index (χ0v) is 5.26. The molecule has 1 saturated carbocycles. The van der Waals surface area contributed by atoms with E-state index >= 15 is 0 Å². The fourth-order valence-electron chi connectivity index (χ4n) is 0.965. The first-order valence-corrected chi connectivity index (χ1v) is 3.11. The van der Waals surface area contributed by atoms with Crippen molar-refractivity contribution in [2.75, 3.05) is 0 Å². The lowest BCUT2D eigenvalue weighted by atomic mass is 10.3. The van der Waals surface area contributed by atoms with Crippen molar-refractivity contribution in [3.63, 3.8) is 0 Å². The topological polar surface area (TPSA) is 59.6 Å². The summed E-state index contributed by atoms with van der Waals surface area (Å²) >= 11 is 0. The summed E-state index contributed by atoms with van der Waals surface area (Å²) in [5.41, 5.74) is 3.11. The quantitative estimate of drug-likeness (QED) is 0.416. The Morgan fingerprint density at radius 3 is 2.67 bits per heavy atom. The van der Waals surface area contributed by atoms with Crippen LogP contribution in [-0.2, 0) is 4.94 Å². The van der Waals surface area contributed by atoms with Gasteiger partial charge < -0.3 is 0 Å². The van der Waals surface area contributed by atoms with Gasteiger partial charge in [0, 0.05) is 0 Å². The molecule has 0 atom stereocenters. The van der Waals surface area contributed by atoms with Gasteiger partial charge in [-0.15, -0.1) is 0 Å². The van der Waals surface area contributed by atoms with Crippen molar-refractivity contribution in [1.82, 2.24) is 5.59 Å². The van der Waals surface area contributed by atoms with Crippen LogP contribution in [0.5, 0.6) is 0 Å². The molecule has 0 aliphatic heterocycles. The third-order valence-electron chi connectivity index (χ3n) is 1.41. The van der Waals surface area contributed by atoms with E-state index in [9.17, 15) is 0 Å². The maximum absolute atomic E-state index is 4.83. The molecule has 1 rings (SSSR count). The monoisotopic (exact) mass is 129 g/mol. The van der Waals surface area contributed by atoms with E-state index in [4.69, 9.17) is 5.84 Å². The lowest BCUT2D eigenvalue weighted by molar-refractivity contribution is 0.0462. The molecule has 0 radical (unpaired) electrons. The van der Waals surface area contributed by atoms with Gasteiger partial charge in [-0.25, -0.2) is 5.84 Å². The van der Waals surface area contributed by atoms with E-state index in [-0.39, 0.29) is 0 Å². The van der Waals surface area contributed by atoms with Crippen molar-refractivity contribution in [3.05, 3.63) is 0 Å². The predicted octanol–water partition coefficient (Wildman–Crippen LogP) is 0.311. The molecule has 1 fully saturated rings. The van der Waals surface area contributed by atoms with Crippen LogP contribution in [0.4, 0.5) is 0 Å². The Labute approximate surface area is 54.0 Å². The highest BCUT2D eigenvalue weighted by atomic mass is 16.8. The van der Waals surface area contributed by atoms with E-state index in [1.165, 1.54) is 12.8 Å². The molecule has 0 heterocycles. The number of nitrogens with zero attached hydrogens (tertiary/aromatic N) is 1. The summed E-state index contributed by atoms with van der Waals surface area (Å²) in [6.07, 6.45) is 4.57. The Kier molecular flexibility index (Phi) is 2.48. The summed E-state index contributed by atoms with van der Waals surface area (Å²) < 4.78 is 0. The van der Waals surface area contributed by atoms with Gasteiger partial charge in [0.05, 0.1) is 5.71 Å². The summed E-state index contributed by atoms with van der Waals surface area (Å²) in [7, 11) is 0. The molecular weight excluding hydrogens is 118 g/mol. The van der Waals surface area contributed by atoms with Gasteiger partial charge in [-0.05, 0) is 25.7 Å². The van der Waals surface area contributed by atoms with E-state index in [0.29, 0.717) is 0 Å². The number of hydrogen-bond acceptors (Lipinski definition) is 4. The Hall–Kier alpha value is -0.610. The molecule has 0 saturated heterocycles. The lowest BCUT2D eigenvalue weighted by Gasteiger charge is -1.93. The Morgan fingerprint density at radius 1 is 1.44 bits per heavy atom. The standard InChI is InChI=1S/C5H11N3O/c6-8-9-7-5-3-1-2-4-5/h8H,1-4,6H2. The molecule has 3 N–H and O–H groups in total. The molecule has 9 heavy (non-hydrogen) atoms. The third kappa shape index (κ3) is 1.99. The van der Waals surface area contributed by atoms with Crippen molar-refractivity contribution < 1.29 is 4.94 Å². The molecule has 4 heteroatoms. The van der Waals surface area contributed by atoms with Gasteiger partial charge in [0.2, 0.25) is 0 Å². The first-order valence-electron chi connectivity index (χ1n) is 3.11. The second-order valence-electron chi connectivity index (χ2n) is 2.07. The molecule has 0 aromatic heterocycles. The van der Waals surface area contributed by atoms with Crippen LogP contribution in [0.15, 0.2) is 5.16 Å². The summed E-state index contributed by atoms with van der Waals surface area (Å²) in [5, 5.41) is 3.72. The first kappa shape index (κ1) is 6.51. The molecule has 1 aliphatic carbocycles. The number of nitrogens with two attached hydrogens (primary N) is 1. The van der Waals surface area contributed by atoms with Crippen LogP contribution in [0.2, 0.25) is 0 Å². The number of oxime groups is 1. The van der Waals surface area contributed by atoms with Crippen molar-refractivity contribution in [2.45, 2.75) is 25.7 Å². The van der Waals surface area contributed by atoms with Crippen LogP contribution in [-0.4, -0.2) is 5.71 Å². The maximum atomic E-state index is 4.83. The third-order valence-corrected chi connectivity index (χ3v) is 1.41. The molecule has 0 bridgehead atoms. The van der Waals surface area contributed by atoms with Crippen LogP contribution < -0.4 is 11.4 Å². The average Bonchev–Trinajstić information content (AvgIpc) is 2.34. The van der Waals surface area contributed by atoms with Crippen LogP contribution >= 0.6 is 0 Å². The summed E-state index contributed by atoms with van der Waals surface area (Å²) in [5.74, 6) is 4.83. The van der Waals surface area contributed by atoms with E-state index < -0.39 is 0 Å². The SMILES string of the molecule is NNON=C1CCCC1. The zero-order chi connectivity index (χ0) is 6.53. The van der Waals surface area contributed by atoms with Gasteiger partial charge in [-0.3, -0.25) is 4.94 Å². The van der Waals surface area contributed by atoms with Gasteiger partial charge in [0.25, 0.3) is 0 Å². The number of hydrogen-bond donors (Lipinski definition) is 2. The Bertz CT molecular complexity index is 105. The fraction of sp³-hybridized carbons (Fsp3) is 0.800. The number of hydrazine groups is 1. The molecule has 0 unspecified atom stereocenters. The average molecular weight is 129 g/mol. The second-order valence-corrected chi connectivity index (χ2v) is 2.07. The summed E-state index contributed by atoms with van der Waals surface area (Å²) in [6.45, 7) is 0. The highest BCUT2D eigenvalue weighted by Crippen LogP contribution is 2.14. The van der Waals surface area contributed by atoms with Crippen LogP contribution in [0.25, 0.3) is 0 Å². The van der Waals surface area contributed by atoms with Crippen LogP contribution in [0.3, 0.4) is 0 Å². The zero-order valence-electron chi connectivity index (χ0n) is 5.26. The molecule has 52 valence electrons. The van der Waals surface area contributed by atoms with Gasteiger partial charge in [-0.1, -0.05) is 10.7 Å². The second kappa shape index (κ2) is 3.42. The van der Waals surface area contributed by atoms with Gasteiger partial charge in [0.15, 0.2) is 0 Å². The summed E-state index contributed by atoms with van der Waals surface area (Å²) in [4.78, 5) is 4.43. The van der Waals surface area contributed by atoms with Crippen molar-refractivity contribution >= 4 is 5.71 Å². The lowest BCUT2D eigenvalue weighted by Crippen LogP contribution is -2.19. The predicted molar refractivity (Wildman–Crippen MR) is 34.3 cm³/mol. The van der Waals surface area contributed by atoms with Gasteiger partial charge >= 0.3 is 0 Å². The van der Waals surface area contributed by atoms with Crippen molar-refractivity contribution in [3.8, 4) is 0 Å². The molecule has 0 amide bonds. The minimum absolute atomic E-state index is 1.06. The van der Waals surface area contributed by atoms with Crippen LogP contribution in [0, 0.1) is 0 Å². The molecule has 0 aromatic carbocycles. The molecule has 4 nitrogen and oxygen atoms in total. The highest BCUT2D eigenvalue weighted by molar-refractivity contribution is 5.85. The molecule has 1 aliphatic rings. The Balaban J connectivity index is 2.22. The van der Waals surface area contributed by atoms with Gasteiger partial charge in [0.1, 0.15) is 0 Å². The summed E-state index contributed by atoms with van der Waals surface area (Å²) in [6, 6.07) is 0.